The van der Waals surface area contributed by atoms with Gasteiger partial charge < -0.3 is 15.4 Å². The van der Waals surface area contributed by atoms with Crippen LogP contribution in [0, 0.1) is 11.8 Å². The van der Waals surface area contributed by atoms with Gasteiger partial charge in [0.25, 0.3) is 0 Å². The Labute approximate surface area is 99.3 Å². The summed E-state index contributed by atoms with van der Waals surface area (Å²) >= 11 is 0. The molecule has 1 aliphatic heterocycles. The van der Waals surface area contributed by atoms with Crippen molar-refractivity contribution in [3.05, 3.63) is 0 Å². The minimum Gasteiger partial charge on any atom is -0.379 e. The summed E-state index contributed by atoms with van der Waals surface area (Å²) in [4.78, 5) is 2.59. The molecule has 0 aromatic carbocycles. The van der Waals surface area contributed by atoms with Crippen LogP contribution in [0.3, 0.4) is 0 Å². The van der Waals surface area contributed by atoms with E-state index in [9.17, 15) is 0 Å². The number of hydrogen-bond donors (Lipinski definition) is 1. The minimum atomic E-state index is 0.644. The molecule has 0 radical (unpaired) electrons. The number of hydrogen-bond acceptors (Lipinski definition) is 3. The highest BCUT2D eigenvalue weighted by atomic mass is 16.5. The van der Waals surface area contributed by atoms with E-state index in [1.54, 1.807) is 0 Å². The number of rotatable bonds is 5. The summed E-state index contributed by atoms with van der Waals surface area (Å²) in [6.45, 7) is 5.91. The lowest BCUT2D eigenvalue weighted by molar-refractivity contribution is 0.0540. The molecule has 2 fully saturated rings. The zero-order valence-electron chi connectivity index (χ0n) is 10.4. The normalized spacial score (nSPS) is 31.3. The maximum absolute atomic E-state index is 5.45. The van der Waals surface area contributed by atoms with Crippen molar-refractivity contribution in [2.45, 2.75) is 32.1 Å². The minimum absolute atomic E-state index is 0.644. The lowest BCUT2D eigenvalue weighted by Gasteiger charge is -2.41. The lowest BCUT2D eigenvalue weighted by Crippen LogP contribution is -2.43. The summed E-state index contributed by atoms with van der Waals surface area (Å²) in [7, 11) is 0. The van der Waals surface area contributed by atoms with Crippen molar-refractivity contribution in [3.8, 4) is 0 Å². The van der Waals surface area contributed by atoms with Crippen molar-refractivity contribution in [3.63, 3.8) is 0 Å². The molecule has 1 aliphatic carbocycles. The number of likely N-dealkylation sites (tertiary alicyclic amines) is 1. The van der Waals surface area contributed by atoms with E-state index >= 15 is 0 Å². The van der Waals surface area contributed by atoms with E-state index in [1.807, 2.05) is 0 Å². The molecule has 2 unspecified atom stereocenters. The zero-order valence-corrected chi connectivity index (χ0v) is 10.4. The maximum atomic E-state index is 5.45. The molecule has 94 valence electrons. The largest absolute Gasteiger partial charge is 0.379 e. The second kappa shape index (κ2) is 6.58. The molecule has 0 spiro atoms. The first-order valence-corrected chi connectivity index (χ1v) is 6.90. The second-order valence-electron chi connectivity index (χ2n) is 5.29. The highest BCUT2D eigenvalue weighted by Crippen LogP contribution is 2.35. The topological polar surface area (TPSA) is 38.5 Å². The third-order valence-electron chi connectivity index (χ3n) is 4.19. The fourth-order valence-corrected chi connectivity index (χ4v) is 3.26. The van der Waals surface area contributed by atoms with Gasteiger partial charge in [0.05, 0.1) is 13.2 Å². The van der Waals surface area contributed by atoms with Crippen molar-refractivity contribution in [2.24, 2.45) is 17.6 Å². The van der Waals surface area contributed by atoms with E-state index in [0.717, 1.165) is 25.0 Å². The Morgan fingerprint density at radius 1 is 1.06 bits per heavy atom. The van der Waals surface area contributed by atoms with Crippen molar-refractivity contribution in [1.82, 2.24) is 4.90 Å². The molecule has 1 heterocycles. The van der Waals surface area contributed by atoms with Crippen LogP contribution in [0.15, 0.2) is 0 Å². The second-order valence-corrected chi connectivity index (χ2v) is 5.29. The summed E-state index contributed by atoms with van der Waals surface area (Å²) in [5, 5.41) is 0. The van der Waals surface area contributed by atoms with Gasteiger partial charge in [-0.3, -0.25) is 0 Å². The highest BCUT2D eigenvalue weighted by Gasteiger charge is 2.30. The number of nitrogens with two attached hydrogens (primary N) is 1. The standard InChI is InChI=1S/C13H26N2O/c14-6-9-16-10-8-15-7-5-12-3-1-2-4-13(12)11-15/h12-13H,1-11,14H2. The first-order chi connectivity index (χ1) is 7.90. The van der Waals surface area contributed by atoms with Crippen molar-refractivity contribution in [1.29, 1.82) is 0 Å². The van der Waals surface area contributed by atoms with Crippen LogP contribution >= 0.6 is 0 Å². The van der Waals surface area contributed by atoms with Gasteiger partial charge in [0.15, 0.2) is 0 Å². The summed E-state index contributed by atoms with van der Waals surface area (Å²) in [6.07, 6.45) is 7.30. The summed E-state index contributed by atoms with van der Waals surface area (Å²) in [5.41, 5.74) is 5.40. The van der Waals surface area contributed by atoms with E-state index in [0.29, 0.717) is 13.2 Å². The lowest BCUT2D eigenvalue weighted by atomic mass is 9.75. The molecule has 3 heteroatoms. The molecule has 2 aliphatic rings. The fourth-order valence-electron chi connectivity index (χ4n) is 3.26. The van der Waals surface area contributed by atoms with Crippen molar-refractivity contribution in [2.75, 3.05) is 39.4 Å². The molecule has 0 bridgehead atoms. The van der Waals surface area contributed by atoms with Gasteiger partial charge in [0.1, 0.15) is 0 Å². The number of ether oxygens (including phenoxy) is 1. The summed E-state index contributed by atoms with van der Waals surface area (Å²) in [5.74, 6) is 2.02. The van der Waals surface area contributed by atoms with Gasteiger partial charge in [-0.1, -0.05) is 19.3 Å². The Kier molecular flexibility index (Phi) is 5.07. The Morgan fingerprint density at radius 3 is 2.69 bits per heavy atom. The molecule has 2 rings (SSSR count). The molecule has 0 aromatic rings. The maximum Gasteiger partial charge on any atom is 0.0594 e. The molecule has 2 atom stereocenters. The van der Waals surface area contributed by atoms with Crippen LogP contribution < -0.4 is 5.73 Å². The predicted molar refractivity (Wildman–Crippen MR) is 66.4 cm³/mol. The highest BCUT2D eigenvalue weighted by molar-refractivity contribution is 4.83. The van der Waals surface area contributed by atoms with Gasteiger partial charge >= 0.3 is 0 Å². The van der Waals surface area contributed by atoms with Crippen LogP contribution in [0.5, 0.6) is 0 Å². The third-order valence-corrected chi connectivity index (χ3v) is 4.19. The Bertz CT molecular complexity index is 198. The monoisotopic (exact) mass is 226 g/mol. The predicted octanol–water partition coefficient (Wildman–Crippen LogP) is 1.47. The number of nitrogens with zero attached hydrogens (tertiary/aromatic N) is 1. The summed E-state index contributed by atoms with van der Waals surface area (Å²) < 4.78 is 5.45. The van der Waals surface area contributed by atoms with E-state index in [1.165, 1.54) is 45.2 Å². The van der Waals surface area contributed by atoms with Gasteiger partial charge in [0, 0.05) is 19.6 Å². The molecule has 1 saturated heterocycles. The quantitative estimate of drug-likeness (QED) is 0.722. The van der Waals surface area contributed by atoms with Crippen LogP contribution in [0.25, 0.3) is 0 Å². The molecular weight excluding hydrogens is 200 g/mol. The van der Waals surface area contributed by atoms with Gasteiger partial charge in [-0.05, 0) is 31.2 Å². The first-order valence-electron chi connectivity index (χ1n) is 6.90. The van der Waals surface area contributed by atoms with Crippen LogP contribution in [-0.4, -0.2) is 44.3 Å². The zero-order chi connectivity index (χ0) is 11.2. The molecule has 16 heavy (non-hydrogen) atoms. The fraction of sp³-hybridized carbons (Fsp3) is 1.00. The Morgan fingerprint density at radius 2 is 1.88 bits per heavy atom. The molecule has 0 aromatic heterocycles. The summed E-state index contributed by atoms with van der Waals surface area (Å²) in [6, 6.07) is 0. The van der Waals surface area contributed by atoms with Crippen LogP contribution in [0.2, 0.25) is 0 Å². The van der Waals surface area contributed by atoms with Gasteiger partial charge in [0.2, 0.25) is 0 Å². The van der Waals surface area contributed by atoms with Gasteiger partial charge in [-0.25, -0.2) is 0 Å². The number of fused-ring (bicyclic) bond motifs is 1. The number of piperidine rings is 1. The SMILES string of the molecule is NCCOCCN1CCC2CCCCC2C1. The Balaban J connectivity index is 1.65. The van der Waals surface area contributed by atoms with E-state index in [-0.39, 0.29) is 0 Å². The van der Waals surface area contributed by atoms with Gasteiger partial charge in [-0.2, -0.15) is 0 Å². The van der Waals surface area contributed by atoms with Crippen LogP contribution in [-0.2, 0) is 4.74 Å². The smallest absolute Gasteiger partial charge is 0.0594 e. The van der Waals surface area contributed by atoms with Crippen molar-refractivity contribution < 1.29 is 4.74 Å². The molecule has 3 nitrogen and oxygen atoms in total. The molecule has 2 N–H and O–H groups in total. The van der Waals surface area contributed by atoms with Crippen molar-refractivity contribution >= 4 is 0 Å². The van der Waals surface area contributed by atoms with Gasteiger partial charge in [-0.15, -0.1) is 0 Å². The third kappa shape index (κ3) is 3.44. The molecular formula is C13H26N2O. The average Bonchev–Trinajstić information content (AvgIpc) is 2.34. The Hall–Kier alpha value is -0.120. The first kappa shape index (κ1) is 12.3. The van der Waals surface area contributed by atoms with E-state index < -0.39 is 0 Å². The van der Waals surface area contributed by atoms with E-state index in [4.69, 9.17) is 10.5 Å². The van der Waals surface area contributed by atoms with E-state index in [2.05, 4.69) is 4.90 Å². The van der Waals surface area contributed by atoms with Crippen LogP contribution in [0.4, 0.5) is 0 Å². The molecule has 0 amide bonds. The van der Waals surface area contributed by atoms with Crippen LogP contribution in [0.1, 0.15) is 32.1 Å². The average molecular weight is 226 g/mol. The molecule has 1 saturated carbocycles.